The van der Waals surface area contributed by atoms with Crippen LogP contribution in [0.25, 0.3) is 0 Å². The molecule has 0 aromatic carbocycles. The predicted octanol–water partition coefficient (Wildman–Crippen LogP) is 4.81. The minimum Gasteiger partial charge on any atom is -0.0864 e. The van der Waals surface area contributed by atoms with Crippen LogP contribution in [0.1, 0.15) is 58.3 Å². The molecule has 0 nitrogen and oxygen atoms in total. The van der Waals surface area contributed by atoms with Gasteiger partial charge in [-0.25, -0.2) is 0 Å². The zero-order chi connectivity index (χ0) is 9.52. The Hall–Kier alpha value is 0.730. The largest absolute Gasteiger partial charge is 0.0864 e. The number of halogens is 1. The highest BCUT2D eigenvalue weighted by Crippen LogP contribution is 2.31. The molecule has 0 spiro atoms. The van der Waals surface area contributed by atoms with Gasteiger partial charge in [0.2, 0.25) is 0 Å². The Morgan fingerprint density at radius 3 is 2.31 bits per heavy atom. The Balaban J connectivity index is 1.96. The lowest BCUT2D eigenvalue weighted by Gasteiger charge is -2.25. The Bertz CT molecular complexity index is 114. The van der Waals surface area contributed by atoms with Crippen molar-refractivity contribution in [2.24, 2.45) is 11.8 Å². The summed E-state index contributed by atoms with van der Waals surface area (Å²) in [5.74, 6) is 2.11. The van der Waals surface area contributed by atoms with Gasteiger partial charge in [0.25, 0.3) is 0 Å². The molecule has 0 aromatic rings. The monoisotopic (exact) mass is 294 g/mol. The third kappa shape index (κ3) is 5.24. The molecule has 0 amide bonds. The Kier molecular flexibility index (Phi) is 6.43. The molecular formula is C12H23I. The van der Waals surface area contributed by atoms with Gasteiger partial charge < -0.3 is 0 Å². The van der Waals surface area contributed by atoms with Crippen LogP contribution in [-0.2, 0) is 0 Å². The summed E-state index contributed by atoms with van der Waals surface area (Å²) in [7, 11) is 0. The van der Waals surface area contributed by atoms with Crippen LogP contribution >= 0.6 is 22.6 Å². The minimum absolute atomic E-state index is 1.02. The van der Waals surface area contributed by atoms with Crippen molar-refractivity contribution in [2.45, 2.75) is 58.3 Å². The maximum Gasteiger partial charge on any atom is -0.000473 e. The van der Waals surface area contributed by atoms with E-state index in [0.29, 0.717) is 0 Å². The van der Waals surface area contributed by atoms with E-state index in [9.17, 15) is 0 Å². The Morgan fingerprint density at radius 2 is 1.69 bits per heavy atom. The van der Waals surface area contributed by atoms with Crippen LogP contribution in [0.3, 0.4) is 0 Å². The number of rotatable bonds is 5. The second kappa shape index (κ2) is 7.08. The molecule has 1 aliphatic carbocycles. The van der Waals surface area contributed by atoms with Crippen molar-refractivity contribution < 1.29 is 0 Å². The maximum atomic E-state index is 2.48. The molecule has 1 saturated carbocycles. The van der Waals surface area contributed by atoms with Crippen LogP contribution in [0, 0.1) is 11.8 Å². The normalized spacial score (nSPS) is 29.1. The summed E-state index contributed by atoms with van der Waals surface area (Å²) in [6.07, 6.45) is 11.9. The van der Waals surface area contributed by atoms with E-state index in [1.165, 1.54) is 55.8 Å². The maximum absolute atomic E-state index is 2.48. The molecule has 1 aliphatic rings. The summed E-state index contributed by atoms with van der Waals surface area (Å²) in [5.41, 5.74) is 0. The molecule has 1 heteroatoms. The molecule has 0 unspecified atom stereocenters. The van der Waals surface area contributed by atoms with E-state index in [4.69, 9.17) is 0 Å². The average Bonchev–Trinajstić information content (AvgIpc) is 2.15. The van der Waals surface area contributed by atoms with Crippen LogP contribution in [0.2, 0.25) is 0 Å². The van der Waals surface area contributed by atoms with Gasteiger partial charge >= 0.3 is 0 Å². The fourth-order valence-corrected chi connectivity index (χ4v) is 2.86. The zero-order valence-corrected chi connectivity index (χ0v) is 11.1. The van der Waals surface area contributed by atoms with Gasteiger partial charge in [-0.15, -0.1) is 0 Å². The third-order valence-corrected chi connectivity index (χ3v) is 4.14. The molecule has 0 saturated heterocycles. The van der Waals surface area contributed by atoms with Gasteiger partial charge in [-0.3, -0.25) is 0 Å². The summed E-state index contributed by atoms with van der Waals surface area (Å²) in [5, 5.41) is 0. The SMILES string of the molecule is CC1CCC(CCCCCI)CC1. The molecule has 0 radical (unpaired) electrons. The average molecular weight is 294 g/mol. The van der Waals surface area contributed by atoms with Crippen molar-refractivity contribution >= 4 is 22.6 Å². The van der Waals surface area contributed by atoms with E-state index in [1.807, 2.05) is 0 Å². The number of alkyl halides is 1. The Labute approximate surface area is 97.0 Å². The predicted molar refractivity (Wildman–Crippen MR) is 68.5 cm³/mol. The lowest BCUT2D eigenvalue weighted by molar-refractivity contribution is 0.272. The van der Waals surface area contributed by atoms with Crippen LogP contribution < -0.4 is 0 Å². The molecule has 1 rings (SSSR count). The standard InChI is InChI=1S/C12H23I/c1-11-6-8-12(9-7-11)5-3-2-4-10-13/h11-12H,2-10H2,1H3. The Morgan fingerprint density at radius 1 is 1.00 bits per heavy atom. The van der Waals surface area contributed by atoms with E-state index >= 15 is 0 Å². The molecule has 0 aromatic heterocycles. The smallest absolute Gasteiger partial charge is 0.000473 e. The van der Waals surface area contributed by atoms with Gasteiger partial charge in [-0.1, -0.05) is 74.5 Å². The molecule has 0 aliphatic heterocycles. The number of unbranched alkanes of at least 4 members (excludes halogenated alkanes) is 2. The first-order valence-electron chi connectivity index (χ1n) is 5.89. The highest BCUT2D eigenvalue weighted by atomic mass is 127. The first-order chi connectivity index (χ1) is 6.33. The second-order valence-corrected chi connectivity index (χ2v) is 5.74. The van der Waals surface area contributed by atoms with Crippen LogP contribution in [-0.4, -0.2) is 4.43 Å². The van der Waals surface area contributed by atoms with Gasteiger partial charge in [-0.05, 0) is 22.7 Å². The van der Waals surface area contributed by atoms with Crippen LogP contribution in [0.5, 0.6) is 0 Å². The van der Waals surface area contributed by atoms with Crippen molar-refractivity contribution in [2.75, 3.05) is 4.43 Å². The minimum atomic E-state index is 1.02. The van der Waals surface area contributed by atoms with Crippen LogP contribution in [0.4, 0.5) is 0 Å². The number of hydrogen-bond donors (Lipinski definition) is 0. The fourth-order valence-electron chi connectivity index (χ4n) is 2.32. The first kappa shape index (κ1) is 11.8. The molecule has 0 bridgehead atoms. The molecule has 1 fully saturated rings. The topological polar surface area (TPSA) is 0 Å². The molecule has 78 valence electrons. The molecule has 0 heterocycles. The summed E-state index contributed by atoms with van der Waals surface area (Å²) in [4.78, 5) is 0. The third-order valence-electron chi connectivity index (χ3n) is 3.38. The van der Waals surface area contributed by atoms with Gasteiger partial charge in [-0.2, -0.15) is 0 Å². The van der Waals surface area contributed by atoms with Gasteiger partial charge in [0.05, 0.1) is 0 Å². The lowest BCUT2D eigenvalue weighted by atomic mass is 9.80. The molecule has 0 atom stereocenters. The number of hydrogen-bond acceptors (Lipinski definition) is 0. The fraction of sp³-hybridized carbons (Fsp3) is 1.00. The summed E-state index contributed by atoms with van der Waals surface area (Å²) in [6.45, 7) is 2.41. The van der Waals surface area contributed by atoms with Crippen molar-refractivity contribution in [3.8, 4) is 0 Å². The molecule has 0 N–H and O–H groups in total. The lowest BCUT2D eigenvalue weighted by Crippen LogP contribution is -2.12. The van der Waals surface area contributed by atoms with Crippen LogP contribution in [0.15, 0.2) is 0 Å². The first-order valence-corrected chi connectivity index (χ1v) is 7.41. The highest BCUT2D eigenvalue weighted by Gasteiger charge is 2.17. The van der Waals surface area contributed by atoms with E-state index in [-0.39, 0.29) is 0 Å². The molecule has 13 heavy (non-hydrogen) atoms. The molecular weight excluding hydrogens is 271 g/mol. The van der Waals surface area contributed by atoms with Gasteiger partial charge in [0.1, 0.15) is 0 Å². The summed E-state index contributed by atoms with van der Waals surface area (Å²) >= 11 is 2.48. The van der Waals surface area contributed by atoms with E-state index in [2.05, 4.69) is 29.5 Å². The van der Waals surface area contributed by atoms with Gasteiger partial charge in [0, 0.05) is 0 Å². The van der Waals surface area contributed by atoms with Crippen molar-refractivity contribution in [3.63, 3.8) is 0 Å². The second-order valence-electron chi connectivity index (χ2n) is 4.66. The van der Waals surface area contributed by atoms with Gasteiger partial charge in [0.15, 0.2) is 0 Å². The van der Waals surface area contributed by atoms with E-state index < -0.39 is 0 Å². The van der Waals surface area contributed by atoms with E-state index in [1.54, 1.807) is 0 Å². The summed E-state index contributed by atoms with van der Waals surface area (Å²) in [6, 6.07) is 0. The van der Waals surface area contributed by atoms with E-state index in [0.717, 1.165) is 11.8 Å². The van der Waals surface area contributed by atoms with Crippen molar-refractivity contribution in [1.82, 2.24) is 0 Å². The van der Waals surface area contributed by atoms with Crippen molar-refractivity contribution in [1.29, 1.82) is 0 Å². The highest BCUT2D eigenvalue weighted by molar-refractivity contribution is 14.1. The summed E-state index contributed by atoms with van der Waals surface area (Å²) < 4.78 is 1.35. The van der Waals surface area contributed by atoms with Crippen molar-refractivity contribution in [3.05, 3.63) is 0 Å². The zero-order valence-electron chi connectivity index (χ0n) is 8.90. The quantitative estimate of drug-likeness (QED) is 0.388.